The Labute approximate surface area is 140 Å². The van der Waals surface area contributed by atoms with Crippen LogP contribution in [0.15, 0.2) is 54.6 Å². The van der Waals surface area contributed by atoms with E-state index >= 15 is 0 Å². The first-order chi connectivity index (χ1) is 11.7. The van der Waals surface area contributed by atoms with E-state index in [4.69, 9.17) is 16.2 Å². The van der Waals surface area contributed by atoms with Crippen molar-refractivity contribution in [2.45, 2.75) is 19.5 Å². The van der Waals surface area contributed by atoms with Crippen LogP contribution in [0, 0.1) is 0 Å². The van der Waals surface area contributed by atoms with Crippen LogP contribution in [0.2, 0.25) is 0 Å². The number of rotatable bonds is 7. The number of nitrogens with zero attached hydrogens (tertiary/aromatic N) is 2. The molecule has 124 valence electrons. The van der Waals surface area contributed by atoms with Crippen LogP contribution in [0.1, 0.15) is 6.42 Å². The van der Waals surface area contributed by atoms with Gasteiger partial charge in [0.2, 0.25) is 0 Å². The quantitative estimate of drug-likeness (QED) is 0.509. The minimum absolute atomic E-state index is 0.0693. The fourth-order valence-corrected chi connectivity index (χ4v) is 2.80. The first kappa shape index (κ1) is 15.9. The number of amides is 1. The van der Waals surface area contributed by atoms with E-state index in [-0.39, 0.29) is 6.54 Å². The van der Waals surface area contributed by atoms with Gasteiger partial charge in [-0.15, -0.1) is 0 Å². The van der Waals surface area contributed by atoms with E-state index in [1.54, 1.807) is 4.57 Å². The van der Waals surface area contributed by atoms with Gasteiger partial charge in [0.05, 0.1) is 13.2 Å². The highest BCUT2D eigenvalue weighted by molar-refractivity contribution is 5.76. The Bertz CT molecular complexity index is 843. The van der Waals surface area contributed by atoms with Crippen molar-refractivity contribution < 1.29 is 14.1 Å². The standard InChI is InChI=1S/C18H20N4O2/c19-17(23)13-22-16-10-5-4-9-15(16)21(18(22)20)11-6-12-24-14-7-2-1-3-8-14/h1-5,7-10,20H,6,11-13H2,(H2,19,23)/p+1. The van der Waals surface area contributed by atoms with Crippen LogP contribution in [0.25, 0.3) is 11.0 Å². The van der Waals surface area contributed by atoms with E-state index in [1.807, 2.05) is 59.2 Å². The van der Waals surface area contributed by atoms with E-state index in [0.29, 0.717) is 19.1 Å². The van der Waals surface area contributed by atoms with Gasteiger partial charge in [-0.1, -0.05) is 30.3 Å². The van der Waals surface area contributed by atoms with Gasteiger partial charge in [0.25, 0.3) is 5.91 Å². The second-order valence-electron chi connectivity index (χ2n) is 5.57. The van der Waals surface area contributed by atoms with Crippen molar-refractivity contribution in [3.05, 3.63) is 54.6 Å². The first-order valence-electron chi connectivity index (χ1n) is 7.89. The monoisotopic (exact) mass is 325 g/mol. The fraction of sp³-hybridized carbons (Fsp3) is 0.222. The number of ether oxygens (including phenoxy) is 1. The van der Waals surface area contributed by atoms with Crippen LogP contribution in [0.4, 0.5) is 5.95 Å². The fourth-order valence-electron chi connectivity index (χ4n) is 2.80. The van der Waals surface area contributed by atoms with Crippen molar-refractivity contribution >= 4 is 22.9 Å². The van der Waals surface area contributed by atoms with Gasteiger partial charge in [-0.25, -0.2) is 9.13 Å². The molecule has 0 atom stereocenters. The number of benzene rings is 2. The summed E-state index contributed by atoms with van der Waals surface area (Å²) in [5, 5.41) is 0. The van der Waals surface area contributed by atoms with E-state index < -0.39 is 5.91 Å². The highest BCUT2D eigenvalue weighted by Gasteiger charge is 2.21. The molecule has 0 spiro atoms. The van der Waals surface area contributed by atoms with Crippen molar-refractivity contribution in [1.29, 1.82) is 0 Å². The van der Waals surface area contributed by atoms with Gasteiger partial charge in [-0.2, -0.15) is 0 Å². The molecule has 4 N–H and O–H groups in total. The van der Waals surface area contributed by atoms with Crippen molar-refractivity contribution in [2.24, 2.45) is 5.73 Å². The number of para-hydroxylation sites is 3. The van der Waals surface area contributed by atoms with Crippen molar-refractivity contribution in [2.75, 3.05) is 12.3 Å². The van der Waals surface area contributed by atoms with Crippen molar-refractivity contribution in [1.82, 2.24) is 4.57 Å². The molecule has 2 aromatic carbocycles. The Morgan fingerprint density at radius 3 is 2.54 bits per heavy atom. The molecule has 0 saturated carbocycles. The smallest absolute Gasteiger partial charge is 0.356 e. The Balaban J connectivity index is 1.74. The van der Waals surface area contributed by atoms with Crippen LogP contribution in [0.5, 0.6) is 5.75 Å². The minimum atomic E-state index is -0.415. The van der Waals surface area contributed by atoms with Gasteiger partial charge < -0.3 is 10.5 Å². The number of primary amides is 1. The summed E-state index contributed by atoms with van der Waals surface area (Å²) in [5.41, 5.74) is 13.5. The van der Waals surface area contributed by atoms with Gasteiger partial charge in [-0.3, -0.25) is 10.5 Å². The summed E-state index contributed by atoms with van der Waals surface area (Å²) in [6, 6.07) is 17.5. The molecule has 0 unspecified atom stereocenters. The normalized spacial score (nSPS) is 10.8. The minimum Gasteiger partial charge on any atom is -0.493 e. The predicted octanol–water partition coefficient (Wildman–Crippen LogP) is 1.47. The van der Waals surface area contributed by atoms with Gasteiger partial charge in [0.1, 0.15) is 16.8 Å². The van der Waals surface area contributed by atoms with Crippen LogP contribution in [-0.4, -0.2) is 17.1 Å². The number of imidazole rings is 1. The predicted molar refractivity (Wildman–Crippen MR) is 92.3 cm³/mol. The maximum atomic E-state index is 11.3. The molecule has 1 amide bonds. The molecular formula is C18H21N4O2+. The van der Waals surface area contributed by atoms with E-state index in [0.717, 1.165) is 23.2 Å². The molecule has 1 heterocycles. The lowest BCUT2D eigenvalue weighted by molar-refractivity contribution is -0.644. The summed E-state index contributed by atoms with van der Waals surface area (Å²) in [5.74, 6) is 0.961. The topological polar surface area (TPSA) is 87.2 Å². The molecule has 1 aromatic heterocycles. The molecule has 0 aliphatic heterocycles. The molecule has 0 radical (unpaired) electrons. The summed E-state index contributed by atoms with van der Waals surface area (Å²) >= 11 is 0. The third-order valence-corrected chi connectivity index (χ3v) is 3.87. The Hall–Kier alpha value is -3.02. The van der Waals surface area contributed by atoms with Crippen LogP contribution >= 0.6 is 0 Å². The Kier molecular flexibility index (Phi) is 4.65. The maximum Gasteiger partial charge on any atom is 0.356 e. The molecule has 3 aromatic rings. The van der Waals surface area contributed by atoms with Gasteiger partial charge in [0, 0.05) is 6.42 Å². The van der Waals surface area contributed by atoms with E-state index in [9.17, 15) is 4.79 Å². The second-order valence-corrected chi connectivity index (χ2v) is 5.57. The third-order valence-electron chi connectivity index (χ3n) is 3.87. The third kappa shape index (κ3) is 3.32. The zero-order chi connectivity index (χ0) is 16.9. The summed E-state index contributed by atoms with van der Waals surface area (Å²) in [7, 11) is 0. The number of aromatic nitrogens is 2. The average molecular weight is 325 g/mol. The van der Waals surface area contributed by atoms with Crippen LogP contribution in [0.3, 0.4) is 0 Å². The molecule has 3 rings (SSSR count). The molecule has 24 heavy (non-hydrogen) atoms. The van der Waals surface area contributed by atoms with Gasteiger partial charge in [0.15, 0.2) is 6.54 Å². The zero-order valence-electron chi connectivity index (χ0n) is 13.4. The summed E-state index contributed by atoms with van der Waals surface area (Å²) < 4.78 is 9.45. The molecule has 0 aliphatic carbocycles. The number of hydrogen-bond acceptors (Lipinski definition) is 3. The Morgan fingerprint density at radius 2 is 1.79 bits per heavy atom. The lowest BCUT2D eigenvalue weighted by Gasteiger charge is -2.05. The number of aryl methyl sites for hydroxylation is 1. The highest BCUT2D eigenvalue weighted by Crippen LogP contribution is 2.17. The maximum absolute atomic E-state index is 11.3. The lowest BCUT2D eigenvalue weighted by Crippen LogP contribution is -2.42. The summed E-state index contributed by atoms with van der Waals surface area (Å²) in [4.78, 5) is 11.3. The highest BCUT2D eigenvalue weighted by atomic mass is 16.5. The summed E-state index contributed by atoms with van der Waals surface area (Å²) in [6.07, 6.45) is 0.800. The number of carbonyl (C=O) groups excluding carboxylic acids is 1. The number of fused-ring (bicyclic) bond motifs is 1. The number of nitrogens with two attached hydrogens (primary N) is 2. The molecule has 6 heteroatoms. The van der Waals surface area contributed by atoms with Gasteiger partial charge >= 0.3 is 5.95 Å². The number of carbonyl (C=O) groups is 1. The van der Waals surface area contributed by atoms with Crippen LogP contribution in [-0.2, 0) is 17.9 Å². The van der Waals surface area contributed by atoms with E-state index in [1.165, 1.54) is 0 Å². The van der Waals surface area contributed by atoms with Gasteiger partial charge in [-0.05, 0) is 24.3 Å². The number of nitrogen functional groups attached to an aromatic ring is 1. The van der Waals surface area contributed by atoms with E-state index in [2.05, 4.69) is 0 Å². The first-order valence-corrected chi connectivity index (χ1v) is 7.89. The van der Waals surface area contributed by atoms with Crippen LogP contribution < -0.4 is 20.8 Å². The Morgan fingerprint density at radius 1 is 1.08 bits per heavy atom. The van der Waals surface area contributed by atoms with Crippen molar-refractivity contribution in [3.63, 3.8) is 0 Å². The summed E-state index contributed by atoms with van der Waals surface area (Å²) in [6.45, 7) is 1.36. The second kappa shape index (κ2) is 7.04. The largest absolute Gasteiger partial charge is 0.493 e. The van der Waals surface area contributed by atoms with Crippen molar-refractivity contribution in [3.8, 4) is 5.75 Å². The number of hydrogen-bond donors (Lipinski definition) is 2. The molecule has 6 nitrogen and oxygen atoms in total. The molecule has 0 saturated heterocycles. The molecule has 0 aliphatic rings. The number of anilines is 1. The zero-order valence-corrected chi connectivity index (χ0v) is 13.4. The molecular weight excluding hydrogens is 304 g/mol. The SMILES string of the molecule is NC(=O)C[n+]1c(N)n(CCCOc2ccccc2)c2ccccc21. The average Bonchev–Trinajstić information content (AvgIpc) is 2.85. The lowest BCUT2D eigenvalue weighted by atomic mass is 10.3. The molecule has 0 bridgehead atoms. The molecule has 0 fully saturated rings.